The predicted octanol–water partition coefficient (Wildman–Crippen LogP) is 6.27. The Morgan fingerprint density at radius 2 is 1.75 bits per heavy atom. The molecule has 0 heterocycles. The van der Waals surface area contributed by atoms with Gasteiger partial charge in [0.15, 0.2) is 0 Å². The lowest BCUT2D eigenvalue weighted by atomic mass is 9.75. The molecule has 1 saturated carbocycles. The highest BCUT2D eigenvalue weighted by Crippen LogP contribution is 2.37. The normalized spacial score (nSPS) is 19.9. The molecular weight excluding hydrogens is 313 g/mol. The second-order valence-electron chi connectivity index (χ2n) is 6.24. The molecule has 1 nitrogen and oxygen atoms in total. The van der Waals surface area contributed by atoms with Crippen molar-refractivity contribution in [2.75, 3.05) is 6.54 Å². The molecule has 1 fully saturated rings. The van der Waals surface area contributed by atoms with Gasteiger partial charge in [-0.25, -0.2) is 0 Å². The van der Waals surface area contributed by atoms with Crippen molar-refractivity contribution in [1.29, 1.82) is 0 Å². The lowest BCUT2D eigenvalue weighted by Crippen LogP contribution is -2.35. The molecule has 0 radical (unpaired) electrons. The van der Waals surface area contributed by atoms with E-state index in [4.69, 9.17) is 34.8 Å². The minimum atomic E-state index is 0.177. The number of benzene rings is 1. The van der Waals surface area contributed by atoms with Gasteiger partial charge in [0.25, 0.3) is 0 Å². The largest absolute Gasteiger partial charge is 0.310 e. The standard InChI is InChI=1S/C16H22Cl3N/c1-11(12-6-7-13(17)15(19)14(12)18)20-10-16(2)8-4-3-5-9-16/h6-7,11,20H,3-5,8-10H2,1-2H3. The molecule has 2 rings (SSSR count). The van der Waals surface area contributed by atoms with Crippen LogP contribution in [0.15, 0.2) is 12.1 Å². The monoisotopic (exact) mass is 333 g/mol. The van der Waals surface area contributed by atoms with Gasteiger partial charge in [-0.1, -0.05) is 67.1 Å². The van der Waals surface area contributed by atoms with Crippen LogP contribution in [0.1, 0.15) is 57.6 Å². The molecule has 1 aliphatic rings. The minimum absolute atomic E-state index is 0.177. The molecule has 1 atom stereocenters. The highest BCUT2D eigenvalue weighted by molar-refractivity contribution is 6.48. The van der Waals surface area contributed by atoms with Crippen LogP contribution in [0.2, 0.25) is 15.1 Å². The SMILES string of the molecule is CC(NCC1(C)CCCCC1)c1ccc(Cl)c(Cl)c1Cl. The number of nitrogens with one attached hydrogen (secondary N) is 1. The number of hydrogen-bond acceptors (Lipinski definition) is 1. The summed E-state index contributed by atoms with van der Waals surface area (Å²) in [6.45, 7) is 5.52. The van der Waals surface area contributed by atoms with E-state index in [2.05, 4.69) is 19.2 Å². The van der Waals surface area contributed by atoms with E-state index in [0.717, 1.165) is 12.1 Å². The van der Waals surface area contributed by atoms with Crippen molar-refractivity contribution < 1.29 is 0 Å². The molecule has 4 heteroatoms. The first-order valence-electron chi connectivity index (χ1n) is 7.30. The van der Waals surface area contributed by atoms with E-state index in [-0.39, 0.29) is 6.04 Å². The first-order valence-corrected chi connectivity index (χ1v) is 8.43. The molecule has 1 aromatic carbocycles. The van der Waals surface area contributed by atoms with Crippen LogP contribution in [-0.2, 0) is 0 Å². The number of rotatable bonds is 4. The van der Waals surface area contributed by atoms with Gasteiger partial charge in [-0.15, -0.1) is 0 Å². The molecule has 0 amide bonds. The average molecular weight is 335 g/mol. The zero-order chi connectivity index (χ0) is 14.8. The Morgan fingerprint density at radius 3 is 2.40 bits per heavy atom. The van der Waals surface area contributed by atoms with Crippen molar-refractivity contribution in [2.24, 2.45) is 5.41 Å². The second-order valence-corrected chi connectivity index (χ2v) is 7.40. The molecule has 0 spiro atoms. The third-order valence-electron chi connectivity index (χ3n) is 4.43. The van der Waals surface area contributed by atoms with Crippen molar-refractivity contribution in [3.05, 3.63) is 32.8 Å². The first-order chi connectivity index (χ1) is 9.43. The summed E-state index contributed by atoms with van der Waals surface area (Å²) in [4.78, 5) is 0. The first kappa shape index (κ1) is 16.4. The van der Waals surface area contributed by atoms with Crippen LogP contribution in [-0.4, -0.2) is 6.54 Å². The smallest absolute Gasteiger partial charge is 0.0781 e. The van der Waals surface area contributed by atoms with Gasteiger partial charge in [0.2, 0.25) is 0 Å². The van der Waals surface area contributed by atoms with Gasteiger partial charge in [0, 0.05) is 12.6 Å². The van der Waals surface area contributed by atoms with Gasteiger partial charge in [-0.05, 0) is 36.8 Å². The van der Waals surface area contributed by atoms with Crippen LogP contribution in [0.4, 0.5) is 0 Å². The predicted molar refractivity (Wildman–Crippen MR) is 89.1 cm³/mol. The Labute approximate surface area is 137 Å². The maximum Gasteiger partial charge on any atom is 0.0781 e. The molecule has 0 aromatic heterocycles. The Hall–Kier alpha value is 0.0500. The molecule has 1 aromatic rings. The van der Waals surface area contributed by atoms with Crippen LogP contribution in [0.3, 0.4) is 0 Å². The van der Waals surface area contributed by atoms with Crippen molar-refractivity contribution in [2.45, 2.75) is 52.0 Å². The van der Waals surface area contributed by atoms with Gasteiger partial charge < -0.3 is 5.32 Å². The Bertz CT molecular complexity index is 467. The Morgan fingerprint density at radius 1 is 1.10 bits per heavy atom. The Balaban J connectivity index is 2.01. The molecule has 0 saturated heterocycles. The van der Waals surface area contributed by atoms with Gasteiger partial charge in [-0.3, -0.25) is 0 Å². The van der Waals surface area contributed by atoms with E-state index in [1.807, 2.05) is 12.1 Å². The van der Waals surface area contributed by atoms with Gasteiger partial charge in [0.05, 0.1) is 15.1 Å². The molecule has 1 aliphatic carbocycles. The van der Waals surface area contributed by atoms with E-state index in [1.165, 1.54) is 32.1 Å². The number of halogens is 3. The Kier molecular flexibility index (Phi) is 5.64. The summed E-state index contributed by atoms with van der Waals surface area (Å²) in [5.74, 6) is 0. The molecule has 20 heavy (non-hydrogen) atoms. The zero-order valence-electron chi connectivity index (χ0n) is 12.1. The summed E-state index contributed by atoms with van der Waals surface area (Å²) in [5, 5.41) is 5.13. The van der Waals surface area contributed by atoms with Crippen molar-refractivity contribution in [3.8, 4) is 0 Å². The summed E-state index contributed by atoms with van der Waals surface area (Å²) in [6, 6.07) is 3.94. The summed E-state index contributed by atoms with van der Waals surface area (Å²) < 4.78 is 0. The highest BCUT2D eigenvalue weighted by Gasteiger charge is 2.27. The summed E-state index contributed by atoms with van der Waals surface area (Å²) in [6.07, 6.45) is 6.69. The van der Waals surface area contributed by atoms with Crippen molar-refractivity contribution in [3.63, 3.8) is 0 Å². The fraction of sp³-hybridized carbons (Fsp3) is 0.625. The quantitative estimate of drug-likeness (QED) is 0.640. The van der Waals surface area contributed by atoms with Crippen LogP contribution in [0.25, 0.3) is 0 Å². The lowest BCUT2D eigenvalue weighted by molar-refractivity contribution is 0.202. The molecule has 1 unspecified atom stereocenters. The van der Waals surface area contributed by atoms with E-state index in [9.17, 15) is 0 Å². The van der Waals surface area contributed by atoms with E-state index in [0.29, 0.717) is 20.5 Å². The highest BCUT2D eigenvalue weighted by atomic mass is 35.5. The number of hydrogen-bond donors (Lipinski definition) is 1. The lowest BCUT2D eigenvalue weighted by Gasteiger charge is -2.35. The van der Waals surface area contributed by atoms with Crippen molar-refractivity contribution >= 4 is 34.8 Å². The van der Waals surface area contributed by atoms with Gasteiger partial charge >= 0.3 is 0 Å². The fourth-order valence-corrected chi connectivity index (χ4v) is 3.67. The van der Waals surface area contributed by atoms with Crippen LogP contribution in [0, 0.1) is 5.41 Å². The third-order valence-corrected chi connectivity index (χ3v) is 5.74. The summed E-state index contributed by atoms with van der Waals surface area (Å²) in [5.41, 5.74) is 1.43. The fourth-order valence-electron chi connectivity index (χ4n) is 2.97. The average Bonchev–Trinajstić information content (AvgIpc) is 2.43. The van der Waals surface area contributed by atoms with E-state index >= 15 is 0 Å². The molecule has 0 aliphatic heterocycles. The molecule has 1 N–H and O–H groups in total. The van der Waals surface area contributed by atoms with Crippen LogP contribution in [0.5, 0.6) is 0 Å². The maximum absolute atomic E-state index is 6.29. The second kappa shape index (κ2) is 6.87. The van der Waals surface area contributed by atoms with E-state index in [1.54, 1.807) is 0 Å². The third kappa shape index (κ3) is 3.82. The minimum Gasteiger partial charge on any atom is -0.310 e. The van der Waals surface area contributed by atoms with Gasteiger partial charge in [-0.2, -0.15) is 0 Å². The molecular formula is C16H22Cl3N. The van der Waals surface area contributed by atoms with Crippen LogP contribution >= 0.6 is 34.8 Å². The van der Waals surface area contributed by atoms with Crippen molar-refractivity contribution in [1.82, 2.24) is 5.32 Å². The molecule has 0 bridgehead atoms. The zero-order valence-corrected chi connectivity index (χ0v) is 14.4. The maximum atomic E-state index is 6.29. The van der Waals surface area contributed by atoms with E-state index < -0.39 is 0 Å². The van der Waals surface area contributed by atoms with Gasteiger partial charge in [0.1, 0.15) is 0 Å². The molecule has 112 valence electrons. The topological polar surface area (TPSA) is 12.0 Å². The summed E-state index contributed by atoms with van der Waals surface area (Å²) in [7, 11) is 0. The summed E-state index contributed by atoms with van der Waals surface area (Å²) >= 11 is 18.4. The van der Waals surface area contributed by atoms with Crippen LogP contribution < -0.4 is 5.32 Å².